The Hall–Kier alpha value is -0.640. The van der Waals surface area contributed by atoms with Crippen LogP contribution in [0.4, 0.5) is 0 Å². The van der Waals surface area contributed by atoms with Crippen molar-refractivity contribution in [1.82, 2.24) is 10.3 Å². The van der Waals surface area contributed by atoms with Crippen LogP contribution in [0.15, 0.2) is 18.3 Å². The summed E-state index contributed by atoms with van der Waals surface area (Å²) in [6.45, 7) is 2.75. The standard InChI is InChI=1S/C11H15ClN2O/c12-11-2-1-9(7-14-11)8-15-10-3-5-13-6-4-10/h1-2,7,10,13H,3-6,8H2. The molecule has 0 atom stereocenters. The van der Waals surface area contributed by atoms with Crippen molar-refractivity contribution in [2.75, 3.05) is 13.1 Å². The van der Waals surface area contributed by atoms with E-state index in [4.69, 9.17) is 16.3 Å². The number of nitrogens with zero attached hydrogens (tertiary/aromatic N) is 1. The molecule has 0 bridgehead atoms. The van der Waals surface area contributed by atoms with Gasteiger partial charge in [0.1, 0.15) is 5.15 Å². The zero-order chi connectivity index (χ0) is 10.5. The summed E-state index contributed by atoms with van der Waals surface area (Å²) in [5, 5.41) is 3.84. The molecular formula is C11H15ClN2O. The van der Waals surface area contributed by atoms with Crippen LogP contribution in [-0.2, 0) is 11.3 Å². The molecule has 0 aliphatic carbocycles. The van der Waals surface area contributed by atoms with Gasteiger partial charge in [-0.15, -0.1) is 0 Å². The van der Waals surface area contributed by atoms with Crippen molar-refractivity contribution in [3.05, 3.63) is 29.0 Å². The van der Waals surface area contributed by atoms with Crippen molar-refractivity contribution in [3.8, 4) is 0 Å². The number of halogens is 1. The molecule has 1 aromatic rings. The molecule has 1 aliphatic heterocycles. The normalized spacial score (nSPS) is 17.9. The third-order valence-electron chi connectivity index (χ3n) is 2.56. The lowest BCUT2D eigenvalue weighted by Crippen LogP contribution is -2.32. The maximum absolute atomic E-state index is 5.79. The first kappa shape index (κ1) is 10.9. The summed E-state index contributed by atoms with van der Waals surface area (Å²) in [5.74, 6) is 0. The van der Waals surface area contributed by atoms with Crippen LogP contribution < -0.4 is 5.32 Å². The molecule has 0 saturated carbocycles. The molecule has 4 heteroatoms. The minimum Gasteiger partial charge on any atom is -0.373 e. The molecule has 3 nitrogen and oxygen atoms in total. The van der Waals surface area contributed by atoms with Crippen LogP contribution >= 0.6 is 11.6 Å². The number of hydrogen-bond acceptors (Lipinski definition) is 3. The van der Waals surface area contributed by atoms with Gasteiger partial charge in [0.15, 0.2) is 0 Å². The first-order valence-electron chi connectivity index (χ1n) is 5.27. The molecule has 2 rings (SSSR count). The van der Waals surface area contributed by atoms with Crippen LogP contribution in [-0.4, -0.2) is 24.2 Å². The lowest BCUT2D eigenvalue weighted by atomic mass is 10.1. The molecule has 82 valence electrons. The third-order valence-corrected chi connectivity index (χ3v) is 2.78. The number of ether oxygens (including phenoxy) is 1. The van der Waals surface area contributed by atoms with Crippen molar-refractivity contribution in [3.63, 3.8) is 0 Å². The van der Waals surface area contributed by atoms with Gasteiger partial charge in [0.2, 0.25) is 0 Å². The van der Waals surface area contributed by atoms with E-state index < -0.39 is 0 Å². The molecular weight excluding hydrogens is 212 g/mol. The molecule has 0 aromatic carbocycles. The Morgan fingerprint density at radius 1 is 1.40 bits per heavy atom. The monoisotopic (exact) mass is 226 g/mol. The average Bonchev–Trinajstić information content (AvgIpc) is 2.30. The van der Waals surface area contributed by atoms with Crippen LogP contribution in [0, 0.1) is 0 Å². The topological polar surface area (TPSA) is 34.1 Å². The molecule has 0 spiro atoms. The molecule has 1 N–H and O–H groups in total. The van der Waals surface area contributed by atoms with Gasteiger partial charge in [-0.2, -0.15) is 0 Å². The van der Waals surface area contributed by atoms with E-state index in [1.807, 2.05) is 6.07 Å². The Morgan fingerprint density at radius 2 is 2.20 bits per heavy atom. The van der Waals surface area contributed by atoms with Gasteiger partial charge in [0.05, 0.1) is 12.7 Å². The molecule has 2 heterocycles. The zero-order valence-corrected chi connectivity index (χ0v) is 9.33. The molecule has 1 aliphatic rings. The van der Waals surface area contributed by atoms with Gasteiger partial charge in [-0.3, -0.25) is 0 Å². The highest BCUT2D eigenvalue weighted by Crippen LogP contribution is 2.11. The Morgan fingerprint density at radius 3 is 2.87 bits per heavy atom. The first-order chi connectivity index (χ1) is 7.34. The van der Waals surface area contributed by atoms with E-state index >= 15 is 0 Å². The van der Waals surface area contributed by atoms with E-state index in [-0.39, 0.29) is 0 Å². The number of nitrogens with one attached hydrogen (secondary N) is 1. The van der Waals surface area contributed by atoms with Gasteiger partial charge in [-0.1, -0.05) is 17.7 Å². The Bertz CT molecular complexity index is 296. The number of pyridine rings is 1. The maximum Gasteiger partial charge on any atom is 0.129 e. The van der Waals surface area contributed by atoms with Crippen molar-refractivity contribution >= 4 is 11.6 Å². The van der Waals surface area contributed by atoms with E-state index in [2.05, 4.69) is 10.3 Å². The summed E-state index contributed by atoms with van der Waals surface area (Å²) in [6.07, 6.45) is 4.35. The van der Waals surface area contributed by atoms with Gasteiger partial charge in [-0.05, 0) is 37.6 Å². The molecule has 15 heavy (non-hydrogen) atoms. The van der Waals surface area contributed by atoms with Gasteiger partial charge >= 0.3 is 0 Å². The average molecular weight is 227 g/mol. The SMILES string of the molecule is Clc1ccc(COC2CCNCC2)cn1. The minimum atomic E-state index is 0.391. The molecule has 0 amide bonds. The molecule has 0 unspecified atom stereocenters. The quantitative estimate of drug-likeness (QED) is 0.801. The van der Waals surface area contributed by atoms with E-state index in [1.165, 1.54) is 0 Å². The number of piperidine rings is 1. The summed E-state index contributed by atoms with van der Waals surface area (Å²) in [6, 6.07) is 3.75. The fourth-order valence-electron chi connectivity index (χ4n) is 1.67. The van der Waals surface area contributed by atoms with Crippen molar-refractivity contribution in [2.45, 2.75) is 25.6 Å². The maximum atomic E-state index is 5.79. The smallest absolute Gasteiger partial charge is 0.129 e. The molecule has 1 saturated heterocycles. The van der Waals surface area contributed by atoms with Crippen molar-refractivity contribution < 1.29 is 4.74 Å². The second kappa shape index (κ2) is 5.45. The lowest BCUT2D eigenvalue weighted by molar-refractivity contribution is 0.0211. The second-order valence-electron chi connectivity index (χ2n) is 3.75. The number of hydrogen-bond donors (Lipinski definition) is 1. The van der Waals surface area contributed by atoms with Crippen LogP contribution in [0.5, 0.6) is 0 Å². The van der Waals surface area contributed by atoms with E-state index in [0.717, 1.165) is 31.5 Å². The highest BCUT2D eigenvalue weighted by Gasteiger charge is 2.12. The number of aromatic nitrogens is 1. The summed E-state index contributed by atoms with van der Waals surface area (Å²) in [5.41, 5.74) is 1.08. The minimum absolute atomic E-state index is 0.391. The third kappa shape index (κ3) is 3.45. The lowest BCUT2D eigenvalue weighted by Gasteiger charge is -2.22. The largest absolute Gasteiger partial charge is 0.373 e. The fraction of sp³-hybridized carbons (Fsp3) is 0.545. The van der Waals surface area contributed by atoms with Gasteiger partial charge < -0.3 is 10.1 Å². The molecule has 0 radical (unpaired) electrons. The first-order valence-corrected chi connectivity index (χ1v) is 5.65. The van der Waals surface area contributed by atoms with Gasteiger partial charge in [0.25, 0.3) is 0 Å². The van der Waals surface area contributed by atoms with Crippen molar-refractivity contribution in [2.24, 2.45) is 0 Å². The predicted molar refractivity (Wildman–Crippen MR) is 59.9 cm³/mol. The second-order valence-corrected chi connectivity index (χ2v) is 4.14. The van der Waals surface area contributed by atoms with Crippen LogP contribution in [0.2, 0.25) is 5.15 Å². The van der Waals surface area contributed by atoms with Gasteiger partial charge in [0, 0.05) is 6.20 Å². The summed E-state index contributed by atoms with van der Waals surface area (Å²) in [7, 11) is 0. The Labute approximate surface area is 94.8 Å². The fourth-order valence-corrected chi connectivity index (χ4v) is 1.78. The van der Waals surface area contributed by atoms with Gasteiger partial charge in [-0.25, -0.2) is 4.98 Å². The zero-order valence-electron chi connectivity index (χ0n) is 8.58. The molecule has 1 aromatic heterocycles. The van der Waals surface area contributed by atoms with Crippen LogP contribution in [0.1, 0.15) is 18.4 Å². The summed E-state index contributed by atoms with van der Waals surface area (Å²) >= 11 is 5.70. The van der Waals surface area contributed by atoms with E-state index in [9.17, 15) is 0 Å². The van der Waals surface area contributed by atoms with Crippen molar-refractivity contribution in [1.29, 1.82) is 0 Å². The highest BCUT2D eigenvalue weighted by molar-refractivity contribution is 6.29. The van der Waals surface area contributed by atoms with E-state index in [1.54, 1.807) is 12.3 Å². The molecule has 1 fully saturated rings. The van der Waals surface area contributed by atoms with Crippen LogP contribution in [0.25, 0.3) is 0 Å². The predicted octanol–water partition coefficient (Wildman–Crippen LogP) is 2.00. The summed E-state index contributed by atoms with van der Waals surface area (Å²) < 4.78 is 5.79. The Kier molecular flexibility index (Phi) is 3.94. The Balaban J connectivity index is 1.79. The number of rotatable bonds is 3. The highest BCUT2D eigenvalue weighted by atomic mass is 35.5. The van der Waals surface area contributed by atoms with E-state index in [0.29, 0.717) is 17.9 Å². The van der Waals surface area contributed by atoms with Crippen LogP contribution in [0.3, 0.4) is 0 Å². The summed E-state index contributed by atoms with van der Waals surface area (Å²) in [4.78, 5) is 4.02.